The molecule has 17 heavy (non-hydrogen) atoms. The van der Waals surface area contributed by atoms with Crippen LogP contribution < -0.4 is 0 Å². The zero-order valence-corrected chi connectivity index (χ0v) is 9.20. The Kier molecular flexibility index (Phi) is 3.97. The Morgan fingerprint density at radius 3 is 2.29 bits per heavy atom. The standard InChI is InChI=1S/C9H13F3N2O3/c1-13-2-3-14(8(17)9(10,11)12)5-6(4-13)7(15)16/h6H,2-5H2,1H3,(H,15,16). The molecule has 5 nitrogen and oxygen atoms in total. The summed E-state index contributed by atoms with van der Waals surface area (Å²) in [6.45, 7) is -0.154. The highest BCUT2D eigenvalue weighted by molar-refractivity contribution is 5.82. The average molecular weight is 254 g/mol. The van der Waals surface area contributed by atoms with Crippen LogP contribution in [0, 0.1) is 5.92 Å². The molecule has 0 bridgehead atoms. The topological polar surface area (TPSA) is 60.9 Å². The Morgan fingerprint density at radius 2 is 1.82 bits per heavy atom. The first-order chi connectivity index (χ1) is 7.71. The number of alkyl halides is 3. The van der Waals surface area contributed by atoms with Gasteiger partial charge >= 0.3 is 18.1 Å². The molecule has 1 aliphatic rings. The van der Waals surface area contributed by atoms with E-state index in [-0.39, 0.29) is 19.6 Å². The molecule has 0 saturated carbocycles. The van der Waals surface area contributed by atoms with Crippen molar-refractivity contribution >= 4 is 11.9 Å². The summed E-state index contributed by atoms with van der Waals surface area (Å²) >= 11 is 0. The number of hydrogen-bond donors (Lipinski definition) is 1. The van der Waals surface area contributed by atoms with Gasteiger partial charge in [-0.15, -0.1) is 0 Å². The van der Waals surface area contributed by atoms with Gasteiger partial charge in [-0.3, -0.25) is 9.59 Å². The monoisotopic (exact) mass is 254 g/mol. The number of halogens is 3. The lowest BCUT2D eigenvalue weighted by Gasteiger charge is -2.23. The lowest BCUT2D eigenvalue weighted by molar-refractivity contribution is -0.186. The van der Waals surface area contributed by atoms with Gasteiger partial charge in [0.15, 0.2) is 0 Å². The van der Waals surface area contributed by atoms with Crippen molar-refractivity contribution in [2.45, 2.75) is 6.18 Å². The predicted octanol–water partition coefficient (Wildman–Crippen LogP) is 0.0235. The number of carbonyl (C=O) groups excluding carboxylic acids is 1. The molecule has 1 unspecified atom stereocenters. The number of likely N-dealkylation sites (N-methyl/N-ethyl adjacent to an activating group) is 1. The third-order valence-electron chi connectivity index (χ3n) is 2.60. The van der Waals surface area contributed by atoms with Crippen molar-refractivity contribution in [2.75, 3.05) is 33.2 Å². The molecule has 1 saturated heterocycles. The van der Waals surface area contributed by atoms with Crippen LogP contribution >= 0.6 is 0 Å². The maximum absolute atomic E-state index is 12.2. The van der Waals surface area contributed by atoms with E-state index in [4.69, 9.17) is 5.11 Å². The highest BCUT2D eigenvalue weighted by atomic mass is 19.4. The minimum absolute atomic E-state index is 0.112. The quantitative estimate of drug-likeness (QED) is 0.717. The number of carboxylic acids is 1. The molecular weight excluding hydrogens is 241 g/mol. The molecule has 0 aromatic heterocycles. The summed E-state index contributed by atoms with van der Waals surface area (Å²) in [4.78, 5) is 24.0. The molecule has 1 rings (SSSR count). The number of amides is 1. The van der Waals surface area contributed by atoms with E-state index >= 15 is 0 Å². The van der Waals surface area contributed by atoms with Gasteiger partial charge in [-0.2, -0.15) is 13.2 Å². The van der Waals surface area contributed by atoms with Gasteiger partial charge < -0.3 is 14.9 Å². The van der Waals surface area contributed by atoms with Gasteiger partial charge in [-0.1, -0.05) is 0 Å². The molecule has 1 N–H and O–H groups in total. The third-order valence-corrected chi connectivity index (χ3v) is 2.60. The van der Waals surface area contributed by atoms with Gasteiger partial charge in [0.05, 0.1) is 5.92 Å². The van der Waals surface area contributed by atoms with Crippen LogP contribution in [0.4, 0.5) is 13.2 Å². The molecule has 1 atom stereocenters. The largest absolute Gasteiger partial charge is 0.481 e. The Labute approximate surface area is 95.8 Å². The van der Waals surface area contributed by atoms with E-state index in [1.807, 2.05) is 0 Å². The smallest absolute Gasteiger partial charge is 0.471 e. The van der Waals surface area contributed by atoms with Gasteiger partial charge in [0, 0.05) is 26.2 Å². The average Bonchev–Trinajstić information content (AvgIpc) is 2.37. The third kappa shape index (κ3) is 3.58. The fourth-order valence-electron chi connectivity index (χ4n) is 1.69. The van der Waals surface area contributed by atoms with Crippen molar-refractivity contribution in [1.29, 1.82) is 0 Å². The second kappa shape index (κ2) is 4.91. The summed E-state index contributed by atoms with van der Waals surface area (Å²) in [5.74, 6) is -4.16. The fourth-order valence-corrected chi connectivity index (χ4v) is 1.69. The van der Waals surface area contributed by atoms with Gasteiger partial charge in [0.25, 0.3) is 0 Å². The normalized spacial score (nSPS) is 23.3. The summed E-state index contributed by atoms with van der Waals surface area (Å²) in [6.07, 6.45) is -4.95. The highest BCUT2D eigenvalue weighted by Gasteiger charge is 2.44. The second-order valence-electron chi connectivity index (χ2n) is 4.05. The van der Waals surface area contributed by atoms with Crippen LogP contribution in [0.25, 0.3) is 0 Å². The van der Waals surface area contributed by atoms with Crippen LogP contribution in [-0.4, -0.2) is 66.2 Å². The van der Waals surface area contributed by atoms with Crippen LogP contribution in [0.15, 0.2) is 0 Å². The van der Waals surface area contributed by atoms with Gasteiger partial charge in [0.2, 0.25) is 0 Å². The van der Waals surface area contributed by atoms with Gasteiger partial charge in [0.1, 0.15) is 0 Å². The molecule has 0 radical (unpaired) electrons. The van der Waals surface area contributed by atoms with E-state index in [1.165, 1.54) is 0 Å². The Bertz CT molecular complexity index is 319. The molecule has 1 aliphatic heterocycles. The SMILES string of the molecule is CN1CCN(C(=O)C(F)(F)F)CC(C(=O)O)C1. The first-order valence-electron chi connectivity index (χ1n) is 4.99. The van der Waals surface area contributed by atoms with Crippen LogP contribution in [-0.2, 0) is 9.59 Å². The van der Waals surface area contributed by atoms with Crippen LogP contribution in [0.1, 0.15) is 0 Å². The first-order valence-corrected chi connectivity index (χ1v) is 4.99. The highest BCUT2D eigenvalue weighted by Crippen LogP contribution is 2.20. The van der Waals surface area contributed by atoms with Crippen molar-refractivity contribution in [3.63, 3.8) is 0 Å². The number of aliphatic carboxylic acids is 1. The molecule has 98 valence electrons. The van der Waals surface area contributed by atoms with Crippen molar-refractivity contribution in [1.82, 2.24) is 9.80 Å². The van der Waals surface area contributed by atoms with Crippen molar-refractivity contribution in [3.8, 4) is 0 Å². The zero-order valence-electron chi connectivity index (χ0n) is 9.20. The molecule has 1 fully saturated rings. The van der Waals surface area contributed by atoms with Crippen LogP contribution in [0.5, 0.6) is 0 Å². The predicted molar refractivity (Wildman–Crippen MR) is 51.3 cm³/mol. The number of hydrogen-bond acceptors (Lipinski definition) is 3. The molecule has 0 spiro atoms. The van der Waals surface area contributed by atoms with E-state index in [0.29, 0.717) is 4.90 Å². The summed E-state index contributed by atoms with van der Waals surface area (Å²) in [5, 5.41) is 8.84. The number of carboxylic acid groups (broad SMARTS) is 1. The van der Waals surface area contributed by atoms with Crippen LogP contribution in [0.2, 0.25) is 0 Å². The summed E-state index contributed by atoms with van der Waals surface area (Å²) in [7, 11) is 1.61. The molecule has 0 aliphatic carbocycles. The Morgan fingerprint density at radius 1 is 1.24 bits per heavy atom. The number of carbonyl (C=O) groups is 2. The Balaban J connectivity index is 2.80. The molecule has 0 aromatic rings. The molecule has 1 amide bonds. The minimum atomic E-state index is -4.95. The van der Waals surface area contributed by atoms with E-state index in [0.717, 1.165) is 0 Å². The molecule has 0 aromatic carbocycles. The molecular formula is C9H13F3N2O3. The van der Waals surface area contributed by atoms with Gasteiger partial charge in [-0.25, -0.2) is 0 Å². The maximum atomic E-state index is 12.2. The molecule has 1 heterocycles. The van der Waals surface area contributed by atoms with E-state index < -0.39 is 30.5 Å². The second-order valence-corrected chi connectivity index (χ2v) is 4.05. The lowest BCUT2D eigenvalue weighted by atomic mass is 10.1. The van der Waals surface area contributed by atoms with Crippen molar-refractivity contribution in [2.24, 2.45) is 5.92 Å². The number of rotatable bonds is 1. The van der Waals surface area contributed by atoms with E-state index in [1.54, 1.807) is 11.9 Å². The van der Waals surface area contributed by atoms with E-state index in [2.05, 4.69) is 0 Å². The summed E-state index contributed by atoms with van der Waals surface area (Å²) in [6, 6.07) is 0. The van der Waals surface area contributed by atoms with Crippen molar-refractivity contribution < 1.29 is 27.9 Å². The fraction of sp³-hybridized carbons (Fsp3) is 0.778. The van der Waals surface area contributed by atoms with Crippen LogP contribution in [0.3, 0.4) is 0 Å². The lowest BCUT2D eigenvalue weighted by Crippen LogP contribution is -2.44. The van der Waals surface area contributed by atoms with E-state index in [9.17, 15) is 22.8 Å². The summed E-state index contributed by atoms with van der Waals surface area (Å²) < 4.78 is 36.7. The zero-order chi connectivity index (χ0) is 13.2. The maximum Gasteiger partial charge on any atom is 0.471 e. The Hall–Kier alpha value is -1.31. The summed E-state index contributed by atoms with van der Waals surface area (Å²) in [5.41, 5.74) is 0. The van der Waals surface area contributed by atoms with Gasteiger partial charge in [-0.05, 0) is 7.05 Å². The first kappa shape index (κ1) is 13.8. The molecule has 8 heteroatoms. The minimum Gasteiger partial charge on any atom is -0.481 e. The van der Waals surface area contributed by atoms with Crippen molar-refractivity contribution in [3.05, 3.63) is 0 Å². The number of nitrogens with zero attached hydrogens (tertiary/aromatic N) is 2.